The van der Waals surface area contributed by atoms with Gasteiger partial charge in [-0.1, -0.05) is 40.6 Å². The summed E-state index contributed by atoms with van der Waals surface area (Å²) in [5, 5.41) is 3.51. The highest BCUT2D eigenvalue weighted by Crippen LogP contribution is 2.33. The molecule has 1 aliphatic rings. The van der Waals surface area contributed by atoms with Gasteiger partial charge in [-0.05, 0) is 49.9 Å². The predicted octanol–water partition coefficient (Wildman–Crippen LogP) is 4.74. The summed E-state index contributed by atoms with van der Waals surface area (Å²) in [6, 6.07) is 5.17. The van der Waals surface area contributed by atoms with E-state index in [-0.39, 0.29) is 11.9 Å². The maximum atomic E-state index is 13.2. The van der Waals surface area contributed by atoms with Gasteiger partial charge in [0.25, 0.3) is 0 Å². The van der Waals surface area contributed by atoms with Crippen molar-refractivity contribution in [1.29, 1.82) is 0 Å². The molecule has 1 N–H and O–H groups in total. The van der Waals surface area contributed by atoms with E-state index < -0.39 is 0 Å². The Morgan fingerprint density at radius 3 is 2.83 bits per heavy atom. The van der Waals surface area contributed by atoms with E-state index in [2.05, 4.69) is 34.2 Å². The van der Waals surface area contributed by atoms with Crippen LogP contribution in [0.4, 0.5) is 4.39 Å². The van der Waals surface area contributed by atoms with Crippen molar-refractivity contribution in [3.05, 3.63) is 45.7 Å². The topological polar surface area (TPSA) is 12.0 Å². The third-order valence-corrected chi connectivity index (χ3v) is 4.07. The highest BCUT2D eigenvalue weighted by atomic mass is 79.9. The number of hydrogen-bond donors (Lipinski definition) is 1. The zero-order valence-corrected chi connectivity index (χ0v) is 12.3. The van der Waals surface area contributed by atoms with Gasteiger partial charge in [-0.15, -0.1) is 0 Å². The van der Waals surface area contributed by atoms with E-state index in [1.165, 1.54) is 24.5 Å². The van der Waals surface area contributed by atoms with E-state index in [0.717, 1.165) is 29.4 Å². The lowest BCUT2D eigenvalue weighted by Gasteiger charge is -2.25. The second kappa shape index (κ2) is 6.48. The fourth-order valence-corrected chi connectivity index (χ4v) is 3.09. The average Bonchev–Trinajstić information content (AvgIpc) is 2.38. The van der Waals surface area contributed by atoms with Gasteiger partial charge in [0.05, 0.1) is 6.04 Å². The van der Waals surface area contributed by atoms with Crippen molar-refractivity contribution >= 4 is 15.9 Å². The third-order valence-electron chi connectivity index (χ3n) is 3.38. The van der Waals surface area contributed by atoms with Crippen molar-refractivity contribution in [2.45, 2.75) is 38.6 Å². The van der Waals surface area contributed by atoms with Crippen LogP contribution < -0.4 is 5.32 Å². The molecule has 0 saturated heterocycles. The van der Waals surface area contributed by atoms with Crippen molar-refractivity contribution in [2.24, 2.45) is 0 Å². The minimum absolute atomic E-state index is 0.196. The molecule has 1 aromatic rings. The van der Waals surface area contributed by atoms with Crippen molar-refractivity contribution in [2.75, 3.05) is 6.54 Å². The van der Waals surface area contributed by atoms with Gasteiger partial charge >= 0.3 is 0 Å². The number of benzene rings is 1. The Kier molecular flexibility index (Phi) is 4.95. The van der Waals surface area contributed by atoms with Gasteiger partial charge in [0.15, 0.2) is 0 Å². The van der Waals surface area contributed by atoms with Crippen molar-refractivity contribution < 1.29 is 4.39 Å². The van der Waals surface area contributed by atoms with E-state index in [9.17, 15) is 4.39 Å². The highest BCUT2D eigenvalue weighted by Gasteiger charge is 2.19. The molecule has 0 spiro atoms. The van der Waals surface area contributed by atoms with Gasteiger partial charge in [0.2, 0.25) is 0 Å². The summed E-state index contributed by atoms with van der Waals surface area (Å²) in [4.78, 5) is 0. The van der Waals surface area contributed by atoms with Crippen LogP contribution >= 0.6 is 15.9 Å². The van der Waals surface area contributed by atoms with Gasteiger partial charge in [-0.2, -0.15) is 0 Å². The molecule has 1 aliphatic carbocycles. The SMILES string of the molecule is CCNC(C1=CCCCC1)c1ccc(F)cc1Br. The molecule has 18 heavy (non-hydrogen) atoms. The number of halogens is 2. The first kappa shape index (κ1) is 13.8. The van der Waals surface area contributed by atoms with Gasteiger partial charge in [-0.25, -0.2) is 4.39 Å². The van der Waals surface area contributed by atoms with Gasteiger partial charge in [-0.3, -0.25) is 0 Å². The maximum Gasteiger partial charge on any atom is 0.124 e. The number of likely N-dealkylation sites (N-methyl/N-ethyl adjacent to an activating group) is 1. The molecule has 0 amide bonds. The molecule has 0 aromatic heterocycles. The largest absolute Gasteiger partial charge is 0.307 e. The molecule has 0 aliphatic heterocycles. The summed E-state index contributed by atoms with van der Waals surface area (Å²) in [5.74, 6) is -0.196. The number of hydrogen-bond acceptors (Lipinski definition) is 1. The van der Waals surface area contributed by atoms with Crippen LogP contribution in [0.15, 0.2) is 34.3 Å². The molecule has 3 heteroatoms. The minimum atomic E-state index is -0.196. The van der Waals surface area contributed by atoms with Crippen LogP contribution in [0.2, 0.25) is 0 Å². The van der Waals surface area contributed by atoms with Gasteiger partial charge < -0.3 is 5.32 Å². The summed E-state index contributed by atoms with van der Waals surface area (Å²) in [6.45, 7) is 3.01. The van der Waals surface area contributed by atoms with Gasteiger partial charge in [0.1, 0.15) is 5.82 Å². The van der Waals surface area contributed by atoms with Crippen molar-refractivity contribution in [3.8, 4) is 0 Å². The summed E-state index contributed by atoms with van der Waals surface area (Å²) in [6.07, 6.45) is 7.18. The Labute approximate surface area is 117 Å². The molecule has 1 aromatic carbocycles. The lowest BCUT2D eigenvalue weighted by Crippen LogP contribution is -2.24. The standard InChI is InChI=1S/C15H19BrFN/c1-2-18-15(11-6-4-3-5-7-11)13-9-8-12(17)10-14(13)16/h6,8-10,15,18H,2-5,7H2,1H3. The molecule has 1 atom stereocenters. The molecule has 1 unspecified atom stereocenters. The fraction of sp³-hybridized carbons (Fsp3) is 0.467. The van der Waals surface area contributed by atoms with E-state index in [1.54, 1.807) is 6.07 Å². The van der Waals surface area contributed by atoms with Gasteiger partial charge in [0, 0.05) is 4.47 Å². The van der Waals surface area contributed by atoms with Crippen LogP contribution in [0.5, 0.6) is 0 Å². The fourth-order valence-electron chi connectivity index (χ4n) is 2.51. The lowest BCUT2D eigenvalue weighted by atomic mass is 9.90. The summed E-state index contributed by atoms with van der Waals surface area (Å²) in [5.41, 5.74) is 2.57. The molecule has 0 heterocycles. The third kappa shape index (κ3) is 3.21. The normalized spacial score (nSPS) is 17.4. The first-order valence-electron chi connectivity index (χ1n) is 6.59. The molecule has 0 fully saturated rings. The van der Waals surface area contributed by atoms with Crippen molar-refractivity contribution in [1.82, 2.24) is 5.32 Å². The Hall–Kier alpha value is -0.670. The predicted molar refractivity (Wildman–Crippen MR) is 77.1 cm³/mol. The highest BCUT2D eigenvalue weighted by molar-refractivity contribution is 9.10. The molecule has 0 radical (unpaired) electrons. The number of nitrogens with one attached hydrogen (secondary N) is 1. The second-order valence-electron chi connectivity index (χ2n) is 4.68. The van der Waals surface area contributed by atoms with E-state index in [1.807, 2.05) is 6.07 Å². The van der Waals surface area contributed by atoms with E-state index in [0.29, 0.717) is 0 Å². The molecule has 98 valence electrons. The second-order valence-corrected chi connectivity index (χ2v) is 5.54. The Balaban J connectivity index is 2.31. The van der Waals surface area contributed by atoms with Crippen LogP contribution in [0, 0.1) is 5.82 Å². The molecule has 1 nitrogen and oxygen atoms in total. The zero-order valence-electron chi connectivity index (χ0n) is 10.7. The quantitative estimate of drug-likeness (QED) is 0.792. The van der Waals surface area contributed by atoms with Crippen LogP contribution in [-0.2, 0) is 0 Å². The van der Waals surface area contributed by atoms with Crippen LogP contribution in [-0.4, -0.2) is 6.54 Å². The Morgan fingerprint density at radius 1 is 1.39 bits per heavy atom. The molecular formula is C15H19BrFN. The molecular weight excluding hydrogens is 293 g/mol. The maximum absolute atomic E-state index is 13.2. The number of allylic oxidation sites excluding steroid dienone is 1. The number of rotatable bonds is 4. The van der Waals surface area contributed by atoms with Crippen LogP contribution in [0.3, 0.4) is 0 Å². The molecule has 2 rings (SSSR count). The summed E-state index contributed by atoms with van der Waals surface area (Å²) < 4.78 is 14.0. The Morgan fingerprint density at radius 2 is 2.22 bits per heavy atom. The van der Waals surface area contributed by atoms with E-state index in [4.69, 9.17) is 0 Å². The zero-order chi connectivity index (χ0) is 13.0. The van der Waals surface area contributed by atoms with Crippen molar-refractivity contribution in [3.63, 3.8) is 0 Å². The van der Waals surface area contributed by atoms with Crippen LogP contribution in [0.25, 0.3) is 0 Å². The van der Waals surface area contributed by atoms with E-state index >= 15 is 0 Å². The minimum Gasteiger partial charge on any atom is -0.307 e. The first-order chi connectivity index (χ1) is 8.72. The lowest BCUT2D eigenvalue weighted by molar-refractivity contribution is 0.560. The summed E-state index contributed by atoms with van der Waals surface area (Å²) in [7, 11) is 0. The summed E-state index contributed by atoms with van der Waals surface area (Å²) >= 11 is 3.48. The average molecular weight is 312 g/mol. The molecule has 0 saturated carbocycles. The smallest absolute Gasteiger partial charge is 0.124 e. The molecule has 0 bridgehead atoms. The van der Waals surface area contributed by atoms with Crippen LogP contribution in [0.1, 0.15) is 44.2 Å². The Bertz CT molecular complexity index is 442. The first-order valence-corrected chi connectivity index (χ1v) is 7.39. The monoisotopic (exact) mass is 311 g/mol.